The van der Waals surface area contributed by atoms with Crippen LogP contribution < -0.4 is 4.74 Å². The molecular formula is C20H29NO6S. The Morgan fingerprint density at radius 1 is 1.21 bits per heavy atom. The minimum Gasteiger partial charge on any atom is -0.482 e. The van der Waals surface area contributed by atoms with Crippen LogP contribution in [-0.2, 0) is 24.2 Å². The first-order valence-electron chi connectivity index (χ1n) is 9.43. The fourth-order valence-corrected chi connectivity index (χ4v) is 4.88. The third kappa shape index (κ3) is 6.22. The van der Waals surface area contributed by atoms with Gasteiger partial charge in [0.05, 0.1) is 11.5 Å². The van der Waals surface area contributed by atoms with Crippen LogP contribution >= 0.6 is 0 Å². The molecule has 1 saturated heterocycles. The SMILES string of the molecule is Cc1cccc(OCC(=O)OCC(=O)N(CC(C)C)[C@@H]2CCS(=O)(=O)C2)c1C. The number of aryl methyl sites for hydroxylation is 1. The Morgan fingerprint density at radius 2 is 1.93 bits per heavy atom. The normalized spacial score (nSPS) is 18.1. The van der Waals surface area contributed by atoms with E-state index in [0.29, 0.717) is 18.7 Å². The Labute approximate surface area is 166 Å². The second kappa shape index (κ2) is 9.41. The molecule has 8 heteroatoms. The van der Waals surface area contributed by atoms with Gasteiger partial charge in [0, 0.05) is 12.6 Å². The number of rotatable bonds is 8. The first-order valence-corrected chi connectivity index (χ1v) is 11.3. The van der Waals surface area contributed by atoms with Crippen LogP contribution in [0.1, 0.15) is 31.4 Å². The van der Waals surface area contributed by atoms with Crippen molar-refractivity contribution in [3.05, 3.63) is 29.3 Å². The zero-order chi connectivity index (χ0) is 20.9. The summed E-state index contributed by atoms with van der Waals surface area (Å²) in [5.74, 6) is -0.192. The van der Waals surface area contributed by atoms with Crippen LogP contribution in [0, 0.1) is 19.8 Å². The molecule has 28 heavy (non-hydrogen) atoms. The fraction of sp³-hybridized carbons (Fsp3) is 0.600. The van der Waals surface area contributed by atoms with Crippen molar-refractivity contribution in [3.63, 3.8) is 0 Å². The van der Waals surface area contributed by atoms with Crippen molar-refractivity contribution in [3.8, 4) is 5.75 Å². The lowest BCUT2D eigenvalue weighted by atomic mass is 10.1. The lowest BCUT2D eigenvalue weighted by Crippen LogP contribution is -2.45. The van der Waals surface area contributed by atoms with Gasteiger partial charge in [-0.2, -0.15) is 0 Å². The highest BCUT2D eigenvalue weighted by molar-refractivity contribution is 7.91. The van der Waals surface area contributed by atoms with Crippen LogP contribution in [0.15, 0.2) is 18.2 Å². The van der Waals surface area contributed by atoms with E-state index in [4.69, 9.17) is 9.47 Å². The maximum Gasteiger partial charge on any atom is 0.344 e. The molecule has 0 unspecified atom stereocenters. The standard InChI is InChI=1S/C20H29NO6S/c1-14(2)10-21(17-8-9-28(24,25)13-17)19(22)11-27-20(23)12-26-18-7-5-6-15(3)16(18)4/h5-7,14,17H,8-13H2,1-4H3/t17-/m1/s1. The number of carbonyl (C=O) groups is 2. The molecular weight excluding hydrogens is 382 g/mol. The largest absolute Gasteiger partial charge is 0.482 e. The summed E-state index contributed by atoms with van der Waals surface area (Å²) in [7, 11) is -3.11. The van der Waals surface area contributed by atoms with E-state index in [9.17, 15) is 18.0 Å². The molecule has 0 radical (unpaired) electrons. The van der Waals surface area contributed by atoms with Crippen LogP contribution in [0.5, 0.6) is 5.75 Å². The van der Waals surface area contributed by atoms with Crippen molar-refractivity contribution in [2.24, 2.45) is 5.92 Å². The van der Waals surface area contributed by atoms with Gasteiger partial charge in [-0.05, 0) is 43.4 Å². The molecule has 1 aromatic carbocycles. The van der Waals surface area contributed by atoms with Gasteiger partial charge in [0.15, 0.2) is 23.1 Å². The van der Waals surface area contributed by atoms with Crippen molar-refractivity contribution >= 4 is 21.7 Å². The van der Waals surface area contributed by atoms with Crippen LogP contribution in [-0.4, -0.2) is 62.5 Å². The predicted molar refractivity (Wildman–Crippen MR) is 106 cm³/mol. The highest BCUT2D eigenvalue weighted by atomic mass is 32.2. The molecule has 1 fully saturated rings. The number of hydrogen-bond donors (Lipinski definition) is 0. The smallest absolute Gasteiger partial charge is 0.344 e. The number of nitrogens with zero attached hydrogens (tertiary/aromatic N) is 1. The van der Waals surface area contributed by atoms with Crippen LogP contribution in [0.2, 0.25) is 0 Å². The summed E-state index contributed by atoms with van der Waals surface area (Å²) in [5.41, 5.74) is 1.99. The summed E-state index contributed by atoms with van der Waals surface area (Å²) in [6.07, 6.45) is 0.421. The van der Waals surface area contributed by atoms with Crippen LogP contribution in [0.25, 0.3) is 0 Å². The highest BCUT2D eigenvalue weighted by Gasteiger charge is 2.35. The van der Waals surface area contributed by atoms with E-state index in [-0.39, 0.29) is 36.0 Å². The summed E-state index contributed by atoms with van der Waals surface area (Å²) in [6.45, 7) is 7.47. The molecule has 1 amide bonds. The molecule has 1 atom stereocenters. The van der Waals surface area contributed by atoms with Crippen molar-refractivity contribution in [1.82, 2.24) is 4.90 Å². The fourth-order valence-electron chi connectivity index (χ4n) is 3.15. The van der Waals surface area contributed by atoms with E-state index in [1.807, 2.05) is 39.8 Å². The van der Waals surface area contributed by atoms with E-state index in [2.05, 4.69) is 0 Å². The van der Waals surface area contributed by atoms with Crippen molar-refractivity contribution in [2.75, 3.05) is 31.3 Å². The Bertz CT molecular complexity index is 818. The predicted octanol–water partition coefficient (Wildman–Crippen LogP) is 1.90. The molecule has 7 nitrogen and oxygen atoms in total. The third-order valence-corrected chi connectivity index (χ3v) is 6.54. The van der Waals surface area contributed by atoms with Gasteiger partial charge in [0.25, 0.3) is 5.91 Å². The molecule has 1 aliphatic rings. The van der Waals surface area contributed by atoms with E-state index >= 15 is 0 Å². The minimum atomic E-state index is -3.11. The van der Waals surface area contributed by atoms with Gasteiger partial charge in [0.2, 0.25) is 0 Å². The van der Waals surface area contributed by atoms with Gasteiger partial charge in [-0.25, -0.2) is 13.2 Å². The molecule has 0 aromatic heterocycles. The van der Waals surface area contributed by atoms with Gasteiger partial charge in [-0.3, -0.25) is 4.79 Å². The average Bonchev–Trinajstić information content (AvgIpc) is 2.98. The molecule has 2 rings (SSSR count). The summed E-state index contributed by atoms with van der Waals surface area (Å²) >= 11 is 0. The number of hydrogen-bond acceptors (Lipinski definition) is 6. The van der Waals surface area contributed by atoms with Gasteiger partial charge in [-0.1, -0.05) is 26.0 Å². The van der Waals surface area contributed by atoms with Gasteiger partial charge in [0.1, 0.15) is 5.75 Å². The third-order valence-electron chi connectivity index (χ3n) is 4.79. The summed E-state index contributed by atoms with van der Waals surface area (Å²) < 4.78 is 34.1. The Balaban J connectivity index is 1.89. The average molecular weight is 412 g/mol. The van der Waals surface area contributed by atoms with E-state index in [1.54, 1.807) is 6.07 Å². The summed E-state index contributed by atoms with van der Waals surface area (Å²) in [6, 6.07) is 5.20. The number of sulfone groups is 1. The second-order valence-electron chi connectivity index (χ2n) is 7.64. The van der Waals surface area contributed by atoms with Gasteiger partial charge >= 0.3 is 5.97 Å². The van der Waals surface area contributed by atoms with Crippen molar-refractivity contribution < 1.29 is 27.5 Å². The summed E-state index contributed by atoms with van der Waals surface area (Å²) in [4.78, 5) is 26.1. The van der Waals surface area contributed by atoms with E-state index in [1.165, 1.54) is 4.90 Å². The maximum atomic E-state index is 12.6. The molecule has 0 aliphatic carbocycles. The van der Waals surface area contributed by atoms with Gasteiger partial charge in [-0.15, -0.1) is 0 Å². The van der Waals surface area contributed by atoms with Crippen LogP contribution in [0.4, 0.5) is 0 Å². The Hall–Kier alpha value is -2.09. The molecule has 1 aromatic rings. The number of benzene rings is 1. The Kier molecular flexibility index (Phi) is 7.46. The van der Waals surface area contributed by atoms with Crippen LogP contribution in [0.3, 0.4) is 0 Å². The quantitative estimate of drug-likeness (QED) is 0.607. The number of ether oxygens (including phenoxy) is 2. The zero-order valence-corrected chi connectivity index (χ0v) is 17.8. The van der Waals surface area contributed by atoms with Crippen molar-refractivity contribution in [2.45, 2.75) is 40.2 Å². The maximum absolute atomic E-state index is 12.6. The summed E-state index contributed by atoms with van der Waals surface area (Å²) in [5, 5.41) is 0. The molecule has 0 spiro atoms. The number of esters is 1. The number of carbonyl (C=O) groups excluding carboxylic acids is 2. The zero-order valence-electron chi connectivity index (χ0n) is 16.9. The van der Waals surface area contributed by atoms with E-state index in [0.717, 1.165) is 11.1 Å². The Morgan fingerprint density at radius 3 is 2.54 bits per heavy atom. The molecule has 0 saturated carbocycles. The number of amides is 1. The van der Waals surface area contributed by atoms with E-state index < -0.39 is 22.4 Å². The molecule has 0 bridgehead atoms. The second-order valence-corrected chi connectivity index (χ2v) is 9.87. The monoisotopic (exact) mass is 411 g/mol. The molecule has 1 heterocycles. The first-order chi connectivity index (χ1) is 13.1. The first kappa shape index (κ1) is 22.2. The molecule has 0 N–H and O–H groups in total. The molecule has 1 aliphatic heterocycles. The lowest BCUT2D eigenvalue weighted by molar-refractivity contribution is -0.154. The van der Waals surface area contributed by atoms with Crippen molar-refractivity contribution in [1.29, 1.82) is 0 Å². The lowest BCUT2D eigenvalue weighted by Gasteiger charge is -2.29. The minimum absolute atomic E-state index is 0.0326. The topological polar surface area (TPSA) is 90.0 Å². The molecule has 156 valence electrons. The highest BCUT2D eigenvalue weighted by Crippen LogP contribution is 2.21. The van der Waals surface area contributed by atoms with Gasteiger partial charge < -0.3 is 14.4 Å².